The minimum Gasteiger partial charge on any atom is -0.336 e. The zero-order valence-corrected chi connectivity index (χ0v) is 12.9. The number of hydrogen-bond donors (Lipinski definition) is 0. The Hall–Kier alpha value is -2.65. The number of amides is 1. The fourth-order valence-corrected chi connectivity index (χ4v) is 2.76. The van der Waals surface area contributed by atoms with Crippen molar-refractivity contribution in [2.24, 2.45) is 0 Å². The quantitative estimate of drug-likeness (QED) is 0.851. The minimum atomic E-state index is 0.00817. The molecule has 0 saturated carbocycles. The molecule has 6 nitrogen and oxygen atoms in total. The highest BCUT2D eigenvalue weighted by Gasteiger charge is 2.22. The molecule has 0 bridgehead atoms. The van der Waals surface area contributed by atoms with Gasteiger partial charge in [0.15, 0.2) is 0 Å². The SMILES string of the molecule is N#Cc1cccc(C(=O)N2CCN(CCn3cccn3)CC2)c1. The van der Waals surface area contributed by atoms with Crippen LogP contribution in [0.4, 0.5) is 0 Å². The minimum absolute atomic E-state index is 0.00817. The summed E-state index contributed by atoms with van der Waals surface area (Å²) in [5, 5.41) is 13.1. The summed E-state index contributed by atoms with van der Waals surface area (Å²) in [6.07, 6.45) is 3.74. The normalized spacial score (nSPS) is 15.3. The third-order valence-corrected chi connectivity index (χ3v) is 4.10. The molecule has 2 heterocycles. The average Bonchev–Trinajstić information content (AvgIpc) is 3.13. The number of nitrogens with zero attached hydrogens (tertiary/aromatic N) is 5. The summed E-state index contributed by atoms with van der Waals surface area (Å²) in [7, 11) is 0. The van der Waals surface area contributed by atoms with Gasteiger partial charge in [-0.25, -0.2) is 0 Å². The van der Waals surface area contributed by atoms with Gasteiger partial charge < -0.3 is 4.90 Å². The summed E-state index contributed by atoms with van der Waals surface area (Å²) < 4.78 is 1.92. The second-order valence-corrected chi connectivity index (χ2v) is 5.60. The molecule has 3 rings (SSSR count). The summed E-state index contributed by atoms with van der Waals surface area (Å²) in [6.45, 7) is 4.97. The highest BCUT2D eigenvalue weighted by molar-refractivity contribution is 5.94. The van der Waals surface area contributed by atoms with Gasteiger partial charge in [0.25, 0.3) is 5.91 Å². The van der Waals surface area contributed by atoms with E-state index in [4.69, 9.17) is 5.26 Å². The zero-order chi connectivity index (χ0) is 16.1. The maximum absolute atomic E-state index is 12.5. The van der Waals surface area contributed by atoms with Crippen molar-refractivity contribution in [1.29, 1.82) is 5.26 Å². The highest BCUT2D eigenvalue weighted by Crippen LogP contribution is 2.11. The van der Waals surface area contributed by atoms with E-state index in [0.717, 1.165) is 26.2 Å². The number of carbonyl (C=O) groups is 1. The first-order valence-electron chi connectivity index (χ1n) is 7.75. The van der Waals surface area contributed by atoms with Crippen LogP contribution in [0, 0.1) is 11.3 Å². The lowest BCUT2D eigenvalue weighted by Gasteiger charge is -2.34. The summed E-state index contributed by atoms with van der Waals surface area (Å²) in [5.41, 5.74) is 1.11. The molecule has 0 aliphatic carbocycles. The van der Waals surface area contributed by atoms with E-state index in [1.807, 2.05) is 21.8 Å². The van der Waals surface area contributed by atoms with E-state index >= 15 is 0 Å². The van der Waals surface area contributed by atoms with Gasteiger partial charge in [-0.3, -0.25) is 14.4 Å². The Morgan fingerprint density at radius 3 is 2.70 bits per heavy atom. The lowest BCUT2D eigenvalue weighted by Crippen LogP contribution is -2.49. The number of piperazine rings is 1. The summed E-state index contributed by atoms with van der Waals surface area (Å²) >= 11 is 0. The molecular formula is C17H19N5O. The van der Waals surface area contributed by atoms with Crippen LogP contribution in [-0.4, -0.2) is 58.2 Å². The number of carbonyl (C=O) groups excluding carboxylic acids is 1. The van der Waals surface area contributed by atoms with Crippen molar-refractivity contribution in [1.82, 2.24) is 19.6 Å². The monoisotopic (exact) mass is 309 g/mol. The molecule has 0 radical (unpaired) electrons. The molecule has 23 heavy (non-hydrogen) atoms. The Labute approximate surface area is 135 Å². The Balaban J connectivity index is 1.52. The van der Waals surface area contributed by atoms with Crippen LogP contribution in [-0.2, 0) is 6.54 Å². The molecule has 6 heteroatoms. The van der Waals surface area contributed by atoms with Gasteiger partial charge in [0.1, 0.15) is 0 Å². The number of rotatable bonds is 4. The van der Waals surface area contributed by atoms with Crippen LogP contribution in [0.5, 0.6) is 0 Å². The van der Waals surface area contributed by atoms with Crippen LogP contribution in [0.3, 0.4) is 0 Å². The van der Waals surface area contributed by atoms with Crippen LogP contribution < -0.4 is 0 Å². The second-order valence-electron chi connectivity index (χ2n) is 5.60. The molecule has 1 amide bonds. The van der Waals surface area contributed by atoms with E-state index in [9.17, 15) is 4.79 Å². The number of benzene rings is 1. The average molecular weight is 309 g/mol. The molecule has 1 saturated heterocycles. The van der Waals surface area contributed by atoms with E-state index in [2.05, 4.69) is 16.1 Å². The first-order chi connectivity index (χ1) is 11.3. The fourth-order valence-electron chi connectivity index (χ4n) is 2.76. The molecule has 0 unspecified atom stereocenters. The predicted molar refractivity (Wildman–Crippen MR) is 85.7 cm³/mol. The second kappa shape index (κ2) is 7.07. The first kappa shape index (κ1) is 15.3. The molecule has 1 aromatic heterocycles. The number of nitriles is 1. The largest absolute Gasteiger partial charge is 0.336 e. The molecule has 1 aliphatic heterocycles. The Morgan fingerprint density at radius 1 is 1.17 bits per heavy atom. The number of aromatic nitrogens is 2. The lowest BCUT2D eigenvalue weighted by molar-refractivity contribution is 0.0632. The Morgan fingerprint density at radius 2 is 2.00 bits per heavy atom. The topological polar surface area (TPSA) is 65.2 Å². The van der Waals surface area contributed by atoms with Gasteiger partial charge in [-0.15, -0.1) is 0 Å². The van der Waals surface area contributed by atoms with Crippen LogP contribution in [0.1, 0.15) is 15.9 Å². The lowest BCUT2D eigenvalue weighted by atomic mass is 10.1. The third kappa shape index (κ3) is 3.76. The van der Waals surface area contributed by atoms with Gasteiger partial charge in [-0.1, -0.05) is 6.07 Å². The predicted octanol–water partition coefficient (Wildman–Crippen LogP) is 1.21. The highest BCUT2D eigenvalue weighted by atomic mass is 16.2. The van der Waals surface area contributed by atoms with E-state index in [-0.39, 0.29) is 5.91 Å². The first-order valence-corrected chi connectivity index (χ1v) is 7.75. The molecule has 1 aliphatic rings. The Kier molecular flexibility index (Phi) is 4.69. The third-order valence-electron chi connectivity index (χ3n) is 4.10. The zero-order valence-electron chi connectivity index (χ0n) is 12.9. The van der Waals surface area contributed by atoms with E-state index in [1.54, 1.807) is 30.5 Å². The maximum atomic E-state index is 12.5. The van der Waals surface area contributed by atoms with Crippen molar-refractivity contribution in [3.63, 3.8) is 0 Å². The van der Waals surface area contributed by atoms with Crippen molar-refractivity contribution in [2.45, 2.75) is 6.54 Å². The standard InChI is InChI=1S/C17H19N5O/c18-14-15-3-1-4-16(13-15)17(23)21-10-7-20(8-11-21)9-12-22-6-2-5-19-22/h1-6,13H,7-12H2. The number of hydrogen-bond acceptors (Lipinski definition) is 4. The molecule has 1 aromatic carbocycles. The van der Waals surface area contributed by atoms with Crippen LogP contribution >= 0.6 is 0 Å². The van der Waals surface area contributed by atoms with Gasteiger partial charge in [-0.2, -0.15) is 10.4 Å². The van der Waals surface area contributed by atoms with Gasteiger partial charge in [-0.05, 0) is 24.3 Å². The molecule has 0 spiro atoms. The Bertz CT molecular complexity index is 696. The van der Waals surface area contributed by atoms with Crippen molar-refractivity contribution in [2.75, 3.05) is 32.7 Å². The fraction of sp³-hybridized carbons (Fsp3) is 0.353. The smallest absolute Gasteiger partial charge is 0.253 e. The molecular weight excluding hydrogens is 290 g/mol. The van der Waals surface area contributed by atoms with Gasteiger partial charge in [0, 0.05) is 50.7 Å². The van der Waals surface area contributed by atoms with Gasteiger partial charge >= 0.3 is 0 Å². The van der Waals surface area contributed by atoms with Gasteiger partial charge in [0.2, 0.25) is 0 Å². The van der Waals surface area contributed by atoms with Crippen molar-refractivity contribution in [3.05, 3.63) is 53.9 Å². The van der Waals surface area contributed by atoms with Crippen LogP contribution in [0.25, 0.3) is 0 Å². The molecule has 1 fully saturated rings. The van der Waals surface area contributed by atoms with Crippen molar-refractivity contribution >= 4 is 5.91 Å². The molecule has 118 valence electrons. The van der Waals surface area contributed by atoms with Gasteiger partial charge in [0.05, 0.1) is 18.2 Å². The van der Waals surface area contributed by atoms with E-state index < -0.39 is 0 Å². The molecule has 0 N–H and O–H groups in total. The van der Waals surface area contributed by atoms with Crippen molar-refractivity contribution < 1.29 is 4.79 Å². The summed E-state index contributed by atoms with van der Waals surface area (Å²) in [5.74, 6) is 0.00817. The van der Waals surface area contributed by atoms with Crippen LogP contribution in [0.15, 0.2) is 42.7 Å². The van der Waals surface area contributed by atoms with E-state index in [0.29, 0.717) is 24.2 Å². The summed E-state index contributed by atoms with van der Waals surface area (Å²) in [6, 6.07) is 10.9. The van der Waals surface area contributed by atoms with Crippen LogP contribution in [0.2, 0.25) is 0 Å². The van der Waals surface area contributed by atoms with E-state index in [1.165, 1.54) is 0 Å². The summed E-state index contributed by atoms with van der Waals surface area (Å²) in [4.78, 5) is 16.7. The molecule has 0 atom stereocenters. The molecule has 2 aromatic rings. The van der Waals surface area contributed by atoms with Crippen molar-refractivity contribution in [3.8, 4) is 6.07 Å². The maximum Gasteiger partial charge on any atom is 0.253 e.